The van der Waals surface area contributed by atoms with Gasteiger partial charge in [0.25, 0.3) is 0 Å². The van der Waals surface area contributed by atoms with Gasteiger partial charge in [0, 0.05) is 16.8 Å². The summed E-state index contributed by atoms with van der Waals surface area (Å²) in [6.45, 7) is 3.81. The highest BCUT2D eigenvalue weighted by atomic mass is 19.4. The number of hydrogen-bond donors (Lipinski definition) is 2. The van der Waals surface area contributed by atoms with E-state index in [4.69, 9.17) is 20.0 Å². The van der Waals surface area contributed by atoms with Crippen molar-refractivity contribution >= 4 is 11.4 Å². The Morgan fingerprint density at radius 3 is 1.21 bits per heavy atom. The van der Waals surface area contributed by atoms with Crippen LogP contribution in [0.2, 0.25) is 0 Å². The molecule has 220 valence electrons. The molecule has 0 aliphatic heterocycles. The molecule has 2 N–H and O–H groups in total. The van der Waals surface area contributed by atoms with Gasteiger partial charge in [-0.3, -0.25) is 10.6 Å². The third-order valence-electron chi connectivity index (χ3n) is 6.58. The number of anilines is 2. The Balaban J connectivity index is 1.52. The zero-order valence-corrected chi connectivity index (χ0v) is 22.6. The highest BCUT2D eigenvalue weighted by Gasteiger charge is 2.36. The summed E-state index contributed by atoms with van der Waals surface area (Å²) in [7, 11) is 0. The average Bonchev–Trinajstić information content (AvgIpc) is 2.94. The van der Waals surface area contributed by atoms with Gasteiger partial charge in [-0.2, -0.15) is 36.9 Å². The predicted molar refractivity (Wildman–Crippen MR) is 147 cm³/mol. The molecule has 0 radical (unpaired) electrons. The Labute approximate surface area is 242 Å². The third-order valence-corrected chi connectivity index (χ3v) is 6.58. The first-order chi connectivity index (χ1) is 20.2. The predicted octanol–water partition coefficient (Wildman–Crippen LogP) is 9.42. The molecule has 4 aromatic rings. The van der Waals surface area contributed by atoms with Gasteiger partial charge in [0.2, 0.25) is 0 Å². The fourth-order valence-electron chi connectivity index (χ4n) is 4.27. The lowest BCUT2D eigenvalue weighted by Crippen LogP contribution is -2.18. The molecule has 0 atom stereocenters. The van der Waals surface area contributed by atoms with Gasteiger partial charge in [0.15, 0.2) is 12.4 Å². The number of halogens is 6. The summed E-state index contributed by atoms with van der Waals surface area (Å²) in [6.07, 6.45) is -6.28. The van der Waals surface area contributed by atoms with Crippen molar-refractivity contribution in [3.05, 3.63) is 107 Å². The standard InChI is InChI=1S/C31H22F6N4O2/c1-29(2,19-3-9-23(10-4-19)42-27-13-7-21(40-17-38)15-25(27)30(32,33)34)20-5-11-24(12-6-20)43-28-14-8-22(41-18-39)16-26(28)31(35,36)37/h3-16,40-41H,1-2H3. The average molecular weight is 597 g/mol. The van der Waals surface area contributed by atoms with E-state index in [2.05, 4.69) is 10.6 Å². The van der Waals surface area contributed by atoms with Crippen molar-refractivity contribution < 1.29 is 35.8 Å². The van der Waals surface area contributed by atoms with Gasteiger partial charge >= 0.3 is 12.4 Å². The smallest absolute Gasteiger partial charge is 0.420 e. The van der Waals surface area contributed by atoms with Crippen molar-refractivity contribution in [1.82, 2.24) is 0 Å². The Morgan fingerprint density at radius 2 is 0.907 bits per heavy atom. The van der Waals surface area contributed by atoms with E-state index in [1.165, 1.54) is 36.4 Å². The van der Waals surface area contributed by atoms with Crippen molar-refractivity contribution in [2.45, 2.75) is 31.6 Å². The molecular formula is C31H22F6N4O2. The van der Waals surface area contributed by atoms with E-state index in [0.717, 1.165) is 35.4 Å². The second-order valence-corrected chi connectivity index (χ2v) is 9.77. The van der Waals surface area contributed by atoms with E-state index in [0.29, 0.717) is 0 Å². The first kappa shape index (κ1) is 30.6. The fraction of sp³-hybridized carbons (Fsp3) is 0.161. The Bertz CT molecular complexity index is 1560. The number of ether oxygens (including phenoxy) is 2. The summed E-state index contributed by atoms with van der Waals surface area (Å²) in [5, 5.41) is 21.7. The van der Waals surface area contributed by atoms with Crippen molar-refractivity contribution in [3.8, 4) is 35.4 Å². The van der Waals surface area contributed by atoms with Gasteiger partial charge < -0.3 is 9.47 Å². The Hall–Kier alpha value is -5.36. The van der Waals surface area contributed by atoms with Crippen molar-refractivity contribution in [2.75, 3.05) is 10.6 Å². The summed E-state index contributed by atoms with van der Waals surface area (Å²) in [5.41, 5.74) is -1.17. The third kappa shape index (κ3) is 7.11. The van der Waals surface area contributed by atoms with E-state index >= 15 is 0 Å². The lowest BCUT2D eigenvalue weighted by molar-refractivity contribution is -0.139. The van der Waals surface area contributed by atoms with Crippen molar-refractivity contribution in [3.63, 3.8) is 0 Å². The van der Waals surface area contributed by atoms with Crippen LogP contribution in [0, 0.1) is 22.9 Å². The van der Waals surface area contributed by atoms with Gasteiger partial charge in [0.05, 0.1) is 0 Å². The van der Waals surface area contributed by atoms with E-state index in [-0.39, 0.29) is 22.9 Å². The molecule has 43 heavy (non-hydrogen) atoms. The highest BCUT2D eigenvalue weighted by Crippen LogP contribution is 2.42. The lowest BCUT2D eigenvalue weighted by atomic mass is 9.78. The van der Waals surface area contributed by atoms with E-state index in [1.54, 1.807) is 36.7 Å². The molecule has 0 spiro atoms. The highest BCUT2D eigenvalue weighted by molar-refractivity contribution is 5.56. The molecule has 6 nitrogen and oxygen atoms in total. The summed E-state index contributed by atoms with van der Waals surface area (Å²) >= 11 is 0. The zero-order valence-electron chi connectivity index (χ0n) is 22.6. The number of hydrogen-bond acceptors (Lipinski definition) is 6. The second-order valence-electron chi connectivity index (χ2n) is 9.77. The molecule has 12 heteroatoms. The summed E-state index contributed by atoms with van der Waals surface area (Å²) in [4.78, 5) is 0. The van der Waals surface area contributed by atoms with Crippen LogP contribution in [0.15, 0.2) is 84.9 Å². The van der Waals surface area contributed by atoms with Crippen LogP contribution in [0.5, 0.6) is 23.0 Å². The minimum atomic E-state index is -4.72. The summed E-state index contributed by atoms with van der Waals surface area (Å²) < 4.78 is 92.5. The molecule has 0 unspecified atom stereocenters. The number of nitrogens with one attached hydrogen (secondary N) is 2. The number of nitrogens with zero attached hydrogens (tertiary/aromatic N) is 2. The minimum Gasteiger partial charge on any atom is -0.457 e. The van der Waals surface area contributed by atoms with Gasteiger partial charge in [0.1, 0.15) is 34.1 Å². The van der Waals surface area contributed by atoms with Crippen LogP contribution in [0.1, 0.15) is 36.1 Å². The SMILES string of the molecule is CC(C)(c1ccc(Oc2ccc(NC#N)cc2C(F)(F)F)cc1)c1ccc(Oc2ccc(NC#N)cc2C(F)(F)F)cc1. The molecule has 0 bridgehead atoms. The number of nitriles is 2. The van der Waals surface area contributed by atoms with E-state index in [9.17, 15) is 26.3 Å². The molecule has 0 saturated carbocycles. The molecule has 0 aromatic heterocycles. The molecule has 0 saturated heterocycles. The quantitative estimate of drug-likeness (QED) is 0.120. The van der Waals surface area contributed by atoms with Crippen LogP contribution in [-0.2, 0) is 17.8 Å². The second kappa shape index (κ2) is 11.9. The number of alkyl halides is 6. The fourth-order valence-corrected chi connectivity index (χ4v) is 4.27. The minimum absolute atomic E-state index is 0.0257. The number of benzene rings is 4. The molecule has 0 aliphatic carbocycles. The monoisotopic (exact) mass is 596 g/mol. The van der Waals surface area contributed by atoms with E-state index in [1.807, 2.05) is 13.8 Å². The van der Waals surface area contributed by atoms with Crippen LogP contribution in [0.25, 0.3) is 0 Å². The molecule has 4 aromatic carbocycles. The van der Waals surface area contributed by atoms with Crippen molar-refractivity contribution in [2.24, 2.45) is 0 Å². The normalized spacial score (nSPS) is 11.7. The summed E-state index contributed by atoms with van der Waals surface area (Å²) in [6, 6.07) is 19.3. The van der Waals surface area contributed by atoms with Gasteiger partial charge in [-0.05, 0) is 71.8 Å². The molecule has 0 amide bonds. The van der Waals surface area contributed by atoms with Crippen LogP contribution >= 0.6 is 0 Å². The van der Waals surface area contributed by atoms with Crippen LogP contribution in [-0.4, -0.2) is 0 Å². The van der Waals surface area contributed by atoms with E-state index < -0.39 is 40.4 Å². The van der Waals surface area contributed by atoms with Gasteiger partial charge in [-0.1, -0.05) is 38.1 Å². The summed E-state index contributed by atoms with van der Waals surface area (Å²) in [5.74, 6) is -0.538. The van der Waals surface area contributed by atoms with Crippen LogP contribution < -0.4 is 20.1 Å². The largest absolute Gasteiger partial charge is 0.457 e. The lowest BCUT2D eigenvalue weighted by Gasteiger charge is -2.26. The first-order valence-corrected chi connectivity index (χ1v) is 12.5. The van der Waals surface area contributed by atoms with Crippen LogP contribution in [0.4, 0.5) is 37.7 Å². The molecule has 4 rings (SSSR count). The Kier molecular flexibility index (Phi) is 8.44. The molecular weight excluding hydrogens is 574 g/mol. The van der Waals surface area contributed by atoms with Crippen LogP contribution in [0.3, 0.4) is 0 Å². The topological polar surface area (TPSA) is 90.1 Å². The maximum atomic E-state index is 13.6. The molecule has 0 heterocycles. The van der Waals surface area contributed by atoms with Gasteiger partial charge in [-0.15, -0.1) is 0 Å². The van der Waals surface area contributed by atoms with Gasteiger partial charge in [-0.25, -0.2) is 0 Å². The molecule has 0 fully saturated rings. The maximum absolute atomic E-state index is 13.6. The molecule has 0 aliphatic rings. The van der Waals surface area contributed by atoms with Crippen molar-refractivity contribution in [1.29, 1.82) is 10.5 Å². The Morgan fingerprint density at radius 1 is 0.558 bits per heavy atom. The maximum Gasteiger partial charge on any atom is 0.420 e. The number of rotatable bonds is 8. The first-order valence-electron chi connectivity index (χ1n) is 12.5. The zero-order chi connectivity index (χ0) is 31.4.